The maximum atomic E-state index is 12.5. The van der Waals surface area contributed by atoms with Gasteiger partial charge in [0.15, 0.2) is 0 Å². The Labute approximate surface area is 137 Å². The number of nitrogens with zero attached hydrogens (tertiary/aromatic N) is 4. The van der Waals surface area contributed by atoms with Crippen molar-refractivity contribution in [1.29, 1.82) is 0 Å². The summed E-state index contributed by atoms with van der Waals surface area (Å²) in [6, 6.07) is 9.51. The highest BCUT2D eigenvalue weighted by molar-refractivity contribution is 14.1. The monoisotopic (exact) mass is 394 g/mol. The molecule has 6 heteroatoms. The lowest BCUT2D eigenvalue weighted by Crippen LogP contribution is -2.49. The molecule has 1 saturated heterocycles. The van der Waals surface area contributed by atoms with Crippen LogP contribution in [0.5, 0.6) is 0 Å². The molecule has 0 saturated carbocycles. The molecule has 0 N–H and O–H groups in total. The number of benzene rings is 1. The second-order valence-corrected chi connectivity index (χ2v) is 6.08. The molecule has 1 fully saturated rings. The molecule has 0 bridgehead atoms. The normalized spacial score (nSPS) is 15.1. The molecule has 21 heavy (non-hydrogen) atoms. The van der Waals surface area contributed by atoms with Crippen molar-refractivity contribution in [3.8, 4) is 0 Å². The van der Waals surface area contributed by atoms with Crippen LogP contribution in [0.4, 0.5) is 5.95 Å². The van der Waals surface area contributed by atoms with E-state index in [1.807, 2.05) is 29.2 Å². The predicted octanol–water partition coefficient (Wildman–Crippen LogP) is 2.04. The highest BCUT2D eigenvalue weighted by Crippen LogP contribution is 2.14. The zero-order valence-corrected chi connectivity index (χ0v) is 13.6. The molecule has 108 valence electrons. The fraction of sp³-hybridized carbons (Fsp3) is 0.267. The fourth-order valence-electron chi connectivity index (χ4n) is 2.37. The quantitative estimate of drug-likeness (QED) is 0.732. The van der Waals surface area contributed by atoms with E-state index >= 15 is 0 Å². The molecular weight excluding hydrogens is 379 g/mol. The first kappa shape index (κ1) is 14.2. The van der Waals surface area contributed by atoms with Gasteiger partial charge < -0.3 is 9.80 Å². The van der Waals surface area contributed by atoms with E-state index in [1.165, 1.54) is 0 Å². The second kappa shape index (κ2) is 6.38. The van der Waals surface area contributed by atoms with Gasteiger partial charge in [-0.05, 0) is 46.9 Å². The molecule has 0 spiro atoms. The molecule has 5 nitrogen and oxygen atoms in total. The van der Waals surface area contributed by atoms with E-state index in [9.17, 15) is 4.79 Å². The summed E-state index contributed by atoms with van der Waals surface area (Å²) >= 11 is 2.23. The van der Waals surface area contributed by atoms with E-state index in [-0.39, 0.29) is 5.91 Å². The van der Waals surface area contributed by atoms with Gasteiger partial charge >= 0.3 is 0 Å². The highest BCUT2D eigenvalue weighted by atomic mass is 127. The third-order valence-electron chi connectivity index (χ3n) is 3.47. The lowest BCUT2D eigenvalue weighted by atomic mass is 10.2. The van der Waals surface area contributed by atoms with Gasteiger partial charge in [0.1, 0.15) is 0 Å². The van der Waals surface area contributed by atoms with Gasteiger partial charge in [0, 0.05) is 47.7 Å². The van der Waals surface area contributed by atoms with Crippen molar-refractivity contribution in [3.63, 3.8) is 0 Å². The molecule has 0 radical (unpaired) electrons. The van der Waals surface area contributed by atoms with E-state index in [0.29, 0.717) is 13.1 Å². The summed E-state index contributed by atoms with van der Waals surface area (Å²) in [5, 5.41) is 0. The zero-order valence-electron chi connectivity index (χ0n) is 11.4. The summed E-state index contributed by atoms with van der Waals surface area (Å²) < 4.78 is 1.08. The van der Waals surface area contributed by atoms with E-state index in [4.69, 9.17) is 0 Å². The van der Waals surface area contributed by atoms with Crippen molar-refractivity contribution >= 4 is 34.4 Å². The van der Waals surface area contributed by atoms with Gasteiger partial charge in [-0.2, -0.15) is 0 Å². The SMILES string of the molecule is O=C(c1cccc(I)c1)N1CCN(c2ncccn2)CC1. The van der Waals surface area contributed by atoms with Crippen LogP contribution in [0.15, 0.2) is 42.7 Å². The van der Waals surface area contributed by atoms with Gasteiger partial charge in [0.05, 0.1) is 0 Å². The largest absolute Gasteiger partial charge is 0.337 e. The van der Waals surface area contributed by atoms with Crippen LogP contribution < -0.4 is 4.90 Å². The number of anilines is 1. The number of hydrogen-bond acceptors (Lipinski definition) is 4. The third kappa shape index (κ3) is 3.31. The highest BCUT2D eigenvalue weighted by Gasteiger charge is 2.23. The minimum atomic E-state index is 0.0992. The number of amides is 1. The van der Waals surface area contributed by atoms with Crippen LogP contribution in [-0.2, 0) is 0 Å². The van der Waals surface area contributed by atoms with E-state index in [1.54, 1.807) is 18.5 Å². The summed E-state index contributed by atoms with van der Waals surface area (Å²) in [5.74, 6) is 0.834. The number of rotatable bonds is 2. The Bertz CT molecular complexity index is 627. The molecule has 1 aromatic heterocycles. The Hall–Kier alpha value is -1.70. The summed E-state index contributed by atoms with van der Waals surface area (Å²) in [6.07, 6.45) is 3.48. The minimum absolute atomic E-state index is 0.0992. The minimum Gasteiger partial charge on any atom is -0.337 e. The molecule has 1 amide bonds. The first-order chi connectivity index (χ1) is 10.2. The van der Waals surface area contributed by atoms with Crippen molar-refractivity contribution in [2.75, 3.05) is 31.1 Å². The second-order valence-electron chi connectivity index (χ2n) is 4.84. The zero-order chi connectivity index (χ0) is 14.7. The molecule has 0 unspecified atom stereocenters. The van der Waals surface area contributed by atoms with E-state index < -0.39 is 0 Å². The first-order valence-corrected chi connectivity index (χ1v) is 7.89. The van der Waals surface area contributed by atoms with Gasteiger partial charge in [0.25, 0.3) is 5.91 Å². The van der Waals surface area contributed by atoms with Crippen LogP contribution in [0, 0.1) is 3.57 Å². The van der Waals surface area contributed by atoms with Crippen molar-refractivity contribution in [3.05, 3.63) is 51.9 Å². The van der Waals surface area contributed by atoms with Crippen LogP contribution >= 0.6 is 22.6 Å². The van der Waals surface area contributed by atoms with Crippen molar-refractivity contribution in [2.45, 2.75) is 0 Å². The summed E-state index contributed by atoms with van der Waals surface area (Å²) in [5.41, 5.74) is 0.756. The molecular formula is C15H15IN4O. The molecule has 1 aliphatic heterocycles. The molecule has 0 atom stereocenters. The van der Waals surface area contributed by atoms with Crippen LogP contribution in [-0.4, -0.2) is 47.0 Å². The number of halogens is 1. The summed E-state index contributed by atoms with van der Waals surface area (Å²) in [7, 11) is 0. The van der Waals surface area contributed by atoms with Crippen molar-refractivity contribution < 1.29 is 4.79 Å². The van der Waals surface area contributed by atoms with E-state index in [0.717, 1.165) is 28.2 Å². The maximum absolute atomic E-state index is 12.5. The molecule has 1 aromatic carbocycles. The first-order valence-electron chi connectivity index (χ1n) is 6.81. The van der Waals surface area contributed by atoms with Crippen LogP contribution in [0.25, 0.3) is 0 Å². The molecule has 0 aliphatic carbocycles. The molecule has 3 rings (SSSR count). The number of carbonyl (C=O) groups excluding carboxylic acids is 1. The topological polar surface area (TPSA) is 49.3 Å². The lowest BCUT2D eigenvalue weighted by molar-refractivity contribution is 0.0746. The van der Waals surface area contributed by atoms with Crippen molar-refractivity contribution in [2.24, 2.45) is 0 Å². The van der Waals surface area contributed by atoms with Gasteiger partial charge in [-0.15, -0.1) is 0 Å². The van der Waals surface area contributed by atoms with Crippen LogP contribution in [0.2, 0.25) is 0 Å². The van der Waals surface area contributed by atoms with Gasteiger partial charge in [-0.3, -0.25) is 4.79 Å². The average molecular weight is 394 g/mol. The lowest BCUT2D eigenvalue weighted by Gasteiger charge is -2.34. The Morgan fingerprint density at radius 2 is 1.76 bits per heavy atom. The Kier molecular flexibility index (Phi) is 4.33. The fourth-order valence-corrected chi connectivity index (χ4v) is 2.91. The molecule has 1 aliphatic rings. The smallest absolute Gasteiger partial charge is 0.254 e. The molecule has 2 aromatic rings. The van der Waals surface area contributed by atoms with Crippen LogP contribution in [0.3, 0.4) is 0 Å². The standard InChI is InChI=1S/C15H15IN4O/c16-13-4-1-3-12(11-13)14(21)19-7-9-20(10-8-19)15-17-5-2-6-18-15/h1-6,11H,7-10H2. The van der Waals surface area contributed by atoms with Crippen LogP contribution in [0.1, 0.15) is 10.4 Å². The number of piperazine rings is 1. The Morgan fingerprint density at radius 1 is 1.05 bits per heavy atom. The van der Waals surface area contributed by atoms with Gasteiger partial charge in [-0.25, -0.2) is 9.97 Å². The Balaban J connectivity index is 1.64. The number of hydrogen-bond donors (Lipinski definition) is 0. The predicted molar refractivity (Wildman–Crippen MR) is 89.3 cm³/mol. The average Bonchev–Trinajstić information content (AvgIpc) is 2.55. The number of aromatic nitrogens is 2. The third-order valence-corrected chi connectivity index (χ3v) is 4.14. The van der Waals surface area contributed by atoms with E-state index in [2.05, 4.69) is 37.5 Å². The summed E-state index contributed by atoms with van der Waals surface area (Å²) in [6.45, 7) is 2.92. The number of carbonyl (C=O) groups is 1. The Morgan fingerprint density at radius 3 is 2.43 bits per heavy atom. The van der Waals surface area contributed by atoms with Gasteiger partial charge in [0.2, 0.25) is 5.95 Å². The maximum Gasteiger partial charge on any atom is 0.254 e. The van der Waals surface area contributed by atoms with Gasteiger partial charge in [-0.1, -0.05) is 6.07 Å². The van der Waals surface area contributed by atoms with Crippen molar-refractivity contribution in [1.82, 2.24) is 14.9 Å². The molecule has 2 heterocycles. The summed E-state index contributed by atoms with van der Waals surface area (Å²) in [4.78, 5) is 25.0.